The van der Waals surface area contributed by atoms with E-state index in [2.05, 4.69) is 10.2 Å². The van der Waals surface area contributed by atoms with Gasteiger partial charge in [0.2, 0.25) is 0 Å². The highest BCUT2D eigenvalue weighted by Crippen LogP contribution is 2.65. The summed E-state index contributed by atoms with van der Waals surface area (Å²) in [6.07, 6.45) is -2.04. The number of carbonyl (C=O) groups is 5. The fraction of sp³-hybridized carbons (Fsp3) is 0.667. The first-order chi connectivity index (χ1) is 24.8. The minimum atomic E-state index is -1.47. The van der Waals surface area contributed by atoms with Gasteiger partial charge in [0.1, 0.15) is 28.6 Å². The lowest BCUT2D eigenvalue weighted by atomic mass is 9.50. The summed E-state index contributed by atoms with van der Waals surface area (Å²) >= 11 is 0. The second-order valence-corrected chi connectivity index (χ2v) is 17.5. The Labute approximate surface area is 315 Å². The first kappa shape index (κ1) is 40.8. The number of amides is 1. The van der Waals surface area contributed by atoms with Crippen molar-refractivity contribution < 1.29 is 62.2 Å². The summed E-state index contributed by atoms with van der Waals surface area (Å²) in [5.41, 5.74) is -3.23. The van der Waals surface area contributed by atoms with E-state index in [1.165, 1.54) is 6.92 Å². The van der Waals surface area contributed by atoms with E-state index >= 15 is 0 Å². The number of piperidine rings is 1. The Morgan fingerprint density at radius 3 is 2.22 bits per heavy atom. The number of carbonyl (C=O) groups excluding carboxylic acids is 5. The second kappa shape index (κ2) is 14.4. The van der Waals surface area contributed by atoms with Crippen molar-refractivity contribution in [1.29, 1.82) is 0 Å². The van der Waals surface area contributed by atoms with Crippen molar-refractivity contribution in [2.75, 3.05) is 13.6 Å². The van der Waals surface area contributed by atoms with Crippen LogP contribution in [0.3, 0.4) is 0 Å². The smallest absolute Gasteiger partial charge is 0.477 e. The molecule has 0 aromatic heterocycles. The van der Waals surface area contributed by atoms with Gasteiger partial charge >= 0.3 is 30.2 Å². The molecule has 298 valence electrons. The predicted octanol–water partition coefficient (Wildman–Crippen LogP) is 4.77. The van der Waals surface area contributed by atoms with Crippen LogP contribution in [0.15, 0.2) is 24.0 Å². The van der Waals surface area contributed by atoms with Crippen LogP contribution in [0.25, 0.3) is 0 Å². The van der Waals surface area contributed by atoms with Gasteiger partial charge in [0.05, 0.1) is 11.0 Å². The lowest BCUT2D eigenvalue weighted by Gasteiger charge is -2.61. The second-order valence-electron chi connectivity index (χ2n) is 17.5. The number of aliphatic hydroxyl groups is 1. The van der Waals surface area contributed by atoms with Gasteiger partial charge in [-0.15, -0.1) is 0 Å². The summed E-state index contributed by atoms with van der Waals surface area (Å²) in [6, 6.07) is 1.84. The van der Waals surface area contributed by atoms with Crippen molar-refractivity contribution in [3.05, 3.63) is 35.1 Å². The highest BCUT2D eigenvalue weighted by Gasteiger charge is 2.72. The fourth-order valence-electron chi connectivity index (χ4n) is 7.73. The summed E-state index contributed by atoms with van der Waals surface area (Å²) in [6.45, 7) is 17.1. The third kappa shape index (κ3) is 8.31. The summed E-state index contributed by atoms with van der Waals surface area (Å²) in [5, 5.41) is 15.0. The zero-order valence-corrected chi connectivity index (χ0v) is 33.1. The Morgan fingerprint density at radius 2 is 1.59 bits per heavy atom. The van der Waals surface area contributed by atoms with Gasteiger partial charge in [0.25, 0.3) is 0 Å². The Balaban J connectivity index is 1.36. The van der Waals surface area contributed by atoms with E-state index in [1.54, 1.807) is 74.5 Å². The number of nitrogens with zero attached hydrogens (tertiary/aromatic N) is 1. The predicted molar refractivity (Wildman–Crippen MR) is 192 cm³/mol. The summed E-state index contributed by atoms with van der Waals surface area (Å²) in [5.74, 6) is -2.06. The van der Waals surface area contributed by atoms with E-state index in [0.717, 1.165) is 5.56 Å². The van der Waals surface area contributed by atoms with Crippen LogP contribution in [0, 0.1) is 0 Å². The number of ether oxygens (including phenoxy) is 7. The molecular weight excluding hydrogens is 704 g/mol. The molecule has 2 aliphatic heterocycles. The Kier molecular flexibility index (Phi) is 10.9. The minimum Gasteiger partial charge on any atom is -0.477 e. The normalized spacial score (nSPS) is 25.4. The lowest BCUT2D eigenvalue weighted by molar-refractivity contribution is -0.176. The van der Waals surface area contributed by atoms with Crippen LogP contribution in [0.1, 0.15) is 106 Å². The van der Waals surface area contributed by atoms with Crippen LogP contribution in [-0.2, 0) is 49.9 Å². The maximum atomic E-state index is 13.6. The minimum absolute atomic E-state index is 0.106. The van der Waals surface area contributed by atoms with Crippen LogP contribution in [0.4, 0.5) is 9.59 Å². The highest BCUT2D eigenvalue weighted by molar-refractivity contribution is 5.85. The quantitative estimate of drug-likeness (QED) is 0.199. The van der Waals surface area contributed by atoms with Crippen LogP contribution < -0.4 is 14.8 Å². The maximum absolute atomic E-state index is 13.6. The van der Waals surface area contributed by atoms with Crippen molar-refractivity contribution in [3.8, 4) is 11.5 Å². The van der Waals surface area contributed by atoms with Gasteiger partial charge in [-0.1, -0.05) is 6.07 Å². The number of likely N-dealkylation sites (N-methyl/N-ethyl adjacent to an activating group) is 1. The van der Waals surface area contributed by atoms with Crippen molar-refractivity contribution in [2.24, 2.45) is 0 Å². The van der Waals surface area contributed by atoms with Gasteiger partial charge < -0.3 is 48.5 Å². The third-order valence-electron chi connectivity index (χ3n) is 9.80. The Hall–Kier alpha value is -4.37. The molecule has 15 nitrogen and oxygen atoms in total. The molecule has 2 N–H and O–H groups in total. The molecule has 0 radical (unpaired) electrons. The molecule has 5 rings (SSSR count). The molecule has 0 unspecified atom stereocenters. The van der Waals surface area contributed by atoms with Gasteiger partial charge in [0.15, 0.2) is 23.7 Å². The highest BCUT2D eigenvalue weighted by atomic mass is 16.7. The standard InChI is InChI=1S/C39H54N2O13/c1-21(48-32(44)23(40-33(45)53-36(5,6)7)13-15-27(42)52-35(2,3)4)31(43)49-25-16-17-39(47)26-20-22-12-14-24(50-34(46)54-37(8,9)10)29-28(22)38(39,30(25)51-29)18-19-41(26)11/h12,14,16,21,23,26,30,47H,13,15,17-20H2,1-11H3,(H,40,45)/t21-,23-,26-,30-,38-,39+/m0/s1. The van der Waals surface area contributed by atoms with E-state index in [1.807, 2.05) is 13.1 Å². The van der Waals surface area contributed by atoms with Gasteiger partial charge in [0, 0.05) is 24.4 Å². The fourth-order valence-corrected chi connectivity index (χ4v) is 7.73. The number of hydrogen-bond donors (Lipinski definition) is 2. The molecule has 4 aliphatic rings. The van der Waals surface area contributed by atoms with Crippen LogP contribution in [0.2, 0.25) is 0 Å². The van der Waals surface area contributed by atoms with Gasteiger partial charge in [-0.05, 0) is 120 Å². The van der Waals surface area contributed by atoms with Crippen molar-refractivity contribution in [1.82, 2.24) is 10.2 Å². The average molecular weight is 759 g/mol. The first-order valence-electron chi connectivity index (χ1n) is 18.3. The number of esters is 3. The molecule has 0 saturated carbocycles. The molecule has 1 spiro atoms. The largest absolute Gasteiger partial charge is 0.514 e. The van der Waals surface area contributed by atoms with Crippen LogP contribution in [-0.4, -0.2) is 100 Å². The first-order valence-corrected chi connectivity index (χ1v) is 18.3. The Bertz CT molecular complexity index is 1720. The Morgan fingerprint density at radius 1 is 0.944 bits per heavy atom. The summed E-state index contributed by atoms with van der Waals surface area (Å²) in [7, 11) is 1.96. The molecule has 15 heteroatoms. The molecule has 1 amide bonds. The molecule has 1 aromatic rings. The summed E-state index contributed by atoms with van der Waals surface area (Å²) in [4.78, 5) is 67.0. The number of hydrogen-bond acceptors (Lipinski definition) is 14. The van der Waals surface area contributed by atoms with E-state index in [9.17, 15) is 29.1 Å². The maximum Gasteiger partial charge on any atom is 0.514 e. The topological polar surface area (TPSA) is 185 Å². The van der Waals surface area contributed by atoms with Crippen molar-refractivity contribution in [2.45, 2.75) is 153 Å². The van der Waals surface area contributed by atoms with E-state index in [0.29, 0.717) is 24.9 Å². The molecular formula is C39H54N2O13. The number of likely N-dealkylation sites (tertiary alicyclic amines) is 1. The third-order valence-corrected chi connectivity index (χ3v) is 9.80. The molecule has 2 aliphatic carbocycles. The molecule has 1 saturated heterocycles. The van der Waals surface area contributed by atoms with Gasteiger partial charge in [-0.3, -0.25) is 4.79 Å². The SMILES string of the molecule is C[C@H](OC(=O)[C@H](CCC(=O)OC(C)(C)C)NC(=O)OC(C)(C)C)C(=O)OC1=CC[C@@]2(O)[C@@H]3Cc4ccc(OC(=O)OC(C)(C)C)c5c4[C@@]2(CCN3C)[C@H]1O5. The zero-order chi connectivity index (χ0) is 40.2. The average Bonchev–Trinajstić information content (AvgIpc) is 3.36. The van der Waals surface area contributed by atoms with Crippen molar-refractivity contribution >= 4 is 30.2 Å². The number of rotatable bonds is 9. The van der Waals surface area contributed by atoms with Gasteiger partial charge in [-0.2, -0.15) is 0 Å². The van der Waals surface area contributed by atoms with E-state index < -0.39 is 76.2 Å². The molecule has 1 aromatic carbocycles. The molecule has 2 heterocycles. The number of alkyl carbamates (subject to hydrolysis) is 1. The molecule has 54 heavy (non-hydrogen) atoms. The molecule has 6 atom stereocenters. The van der Waals surface area contributed by atoms with Gasteiger partial charge in [-0.25, -0.2) is 19.2 Å². The number of benzene rings is 1. The van der Waals surface area contributed by atoms with E-state index in [4.69, 9.17) is 33.2 Å². The molecule has 1 fully saturated rings. The van der Waals surface area contributed by atoms with Crippen LogP contribution >= 0.6 is 0 Å². The monoisotopic (exact) mass is 758 g/mol. The van der Waals surface area contributed by atoms with Crippen molar-refractivity contribution in [3.63, 3.8) is 0 Å². The van der Waals surface area contributed by atoms with Crippen LogP contribution in [0.5, 0.6) is 11.5 Å². The zero-order valence-electron chi connectivity index (χ0n) is 33.1. The molecule has 2 bridgehead atoms. The number of nitrogens with one attached hydrogen (secondary N) is 1. The lowest BCUT2D eigenvalue weighted by Crippen LogP contribution is -2.74. The summed E-state index contributed by atoms with van der Waals surface area (Å²) < 4.78 is 39.6. The van der Waals surface area contributed by atoms with E-state index in [-0.39, 0.29) is 42.6 Å².